The zero-order valence-electron chi connectivity index (χ0n) is 14.5. The number of benzene rings is 1. The molecule has 2 heterocycles. The van der Waals surface area contributed by atoms with E-state index in [1.807, 2.05) is 24.3 Å². The lowest BCUT2D eigenvalue weighted by Crippen LogP contribution is -2.18. The van der Waals surface area contributed by atoms with Crippen molar-refractivity contribution in [2.75, 3.05) is 24.4 Å². The van der Waals surface area contributed by atoms with Crippen molar-refractivity contribution in [1.82, 2.24) is 9.97 Å². The third-order valence-corrected chi connectivity index (χ3v) is 5.69. The quantitative estimate of drug-likeness (QED) is 0.678. The Kier molecular flexibility index (Phi) is 5.65. The number of anilines is 1. The van der Waals surface area contributed by atoms with Crippen molar-refractivity contribution in [3.8, 4) is 16.9 Å². The highest BCUT2D eigenvalue weighted by atomic mass is 32.2. The van der Waals surface area contributed by atoms with Gasteiger partial charge in [-0.15, -0.1) is 11.3 Å². The molecule has 25 heavy (non-hydrogen) atoms. The van der Waals surface area contributed by atoms with Gasteiger partial charge in [0, 0.05) is 39.8 Å². The molecule has 3 aromatic rings. The molecular weight excluding hydrogens is 354 g/mol. The van der Waals surface area contributed by atoms with Gasteiger partial charge in [-0.1, -0.05) is 12.1 Å². The minimum atomic E-state index is -0.783. The molecule has 3 rings (SSSR count). The van der Waals surface area contributed by atoms with Gasteiger partial charge in [-0.2, -0.15) is 0 Å². The van der Waals surface area contributed by atoms with Crippen LogP contribution in [0.15, 0.2) is 36.0 Å². The van der Waals surface area contributed by atoms with Gasteiger partial charge in [0.05, 0.1) is 12.5 Å². The minimum Gasteiger partial charge on any atom is -0.497 e. The fraction of sp³-hybridized carbons (Fsp3) is 0.333. The Morgan fingerprint density at radius 3 is 2.72 bits per heavy atom. The number of thiophene rings is 1. The highest BCUT2D eigenvalue weighted by Gasteiger charge is 2.15. The summed E-state index contributed by atoms with van der Waals surface area (Å²) in [5.74, 6) is 2.34. The summed E-state index contributed by atoms with van der Waals surface area (Å²) in [6.07, 6.45) is 4.15. The van der Waals surface area contributed by atoms with Gasteiger partial charge in [0.15, 0.2) is 0 Å². The van der Waals surface area contributed by atoms with Crippen molar-refractivity contribution >= 4 is 38.2 Å². The lowest BCUT2D eigenvalue weighted by atomic mass is 10.1. The van der Waals surface area contributed by atoms with Gasteiger partial charge in [-0.05, 0) is 31.0 Å². The van der Waals surface area contributed by atoms with Gasteiger partial charge >= 0.3 is 0 Å². The summed E-state index contributed by atoms with van der Waals surface area (Å²) in [6, 6.07) is 8.18. The molecule has 1 aromatic carbocycles. The number of fused-ring (bicyclic) bond motifs is 1. The Morgan fingerprint density at radius 2 is 2.04 bits per heavy atom. The SMILES string of the molecule is COc1ccc(-c2csc3ncnc(N[C@H](C)CC[S@](C)=O)c23)cc1. The zero-order valence-corrected chi connectivity index (χ0v) is 16.1. The van der Waals surface area contributed by atoms with Gasteiger partial charge in [0.2, 0.25) is 0 Å². The van der Waals surface area contributed by atoms with E-state index in [9.17, 15) is 4.21 Å². The first-order valence-electron chi connectivity index (χ1n) is 8.01. The second kappa shape index (κ2) is 7.93. The molecule has 2 aromatic heterocycles. The topological polar surface area (TPSA) is 64.1 Å². The molecule has 0 aliphatic carbocycles. The molecular formula is C18H21N3O2S2. The van der Waals surface area contributed by atoms with Gasteiger partial charge < -0.3 is 10.1 Å². The van der Waals surface area contributed by atoms with Gasteiger partial charge in [-0.3, -0.25) is 4.21 Å². The molecule has 5 nitrogen and oxygen atoms in total. The number of aromatic nitrogens is 2. The van der Waals surface area contributed by atoms with E-state index < -0.39 is 10.8 Å². The van der Waals surface area contributed by atoms with Crippen molar-refractivity contribution in [3.63, 3.8) is 0 Å². The van der Waals surface area contributed by atoms with Crippen LogP contribution in [0.2, 0.25) is 0 Å². The van der Waals surface area contributed by atoms with E-state index in [0.717, 1.165) is 39.3 Å². The fourth-order valence-electron chi connectivity index (χ4n) is 2.62. The van der Waals surface area contributed by atoms with Crippen molar-refractivity contribution in [1.29, 1.82) is 0 Å². The predicted molar refractivity (Wildman–Crippen MR) is 106 cm³/mol. The van der Waals surface area contributed by atoms with E-state index in [0.29, 0.717) is 5.75 Å². The lowest BCUT2D eigenvalue weighted by Gasteiger charge is -2.15. The molecule has 0 unspecified atom stereocenters. The Morgan fingerprint density at radius 1 is 1.28 bits per heavy atom. The standard InChI is InChI=1S/C18H21N3O2S2/c1-12(8-9-25(3)22)21-17-16-15(10-24-18(16)20-11-19-17)13-4-6-14(23-2)7-5-13/h4-7,10-12H,8-9H2,1-3H3,(H,19,20,21)/t12-,25+/m1/s1. The molecule has 0 radical (unpaired) electrons. The summed E-state index contributed by atoms with van der Waals surface area (Å²) in [6.45, 7) is 2.08. The van der Waals surface area contributed by atoms with Crippen LogP contribution in [-0.2, 0) is 10.8 Å². The summed E-state index contributed by atoms with van der Waals surface area (Å²) in [5, 5.41) is 6.59. The van der Waals surface area contributed by atoms with Crippen molar-refractivity contribution in [3.05, 3.63) is 36.0 Å². The molecule has 132 valence electrons. The van der Waals surface area contributed by atoms with Crippen LogP contribution in [0.5, 0.6) is 5.75 Å². The van der Waals surface area contributed by atoms with E-state index in [1.165, 1.54) is 0 Å². The summed E-state index contributed by atoms with van der Waals surface area (Å²) in [5.41, 5.74) is 2.21. The van der Waals surface area contributed by atoms with Crippen LogP contribution in [0.4, 0.5) is 5.82 Å². The molecule has 0 saturated carbocycles. The number of hydrogen-bond donors (Lipinski definition) is 1. The molecule has 7 heteroatoms. The van der Waals surface area contributed by atoms with Crippen LogP contribution in [0, 0.1) is 0 Å². The maximum Gasteiger partial charge on any atom is 0.139 e. The first kappa shape index (κ1) is 17.8. The smallest absolute Gasteiger partial charge is 0.139 e. The summed E-state index contributed by atoms with van der Waals surface area (Å²) >= 11 is 1.61. The normalized spacial score (nSPS) is 13.6. The van der Waals surface area contributed by atoms with Crippen LogP contribution in [0.25, 0.3) is 21.3 Å². The van der Waals surface area contributed by atoms with E-state index in [2.05, 4.69) is 27.6 Å². The number of rotatable bonds is 7. The number of methoxy groups -OCH3 is 1. The highest BCUT2D eigenvalue weighted by Crippen LogP contribution is 2.37. The maximum absolute atomic E-state index is 11.3. The average molecular weight is 376 g/mol. The molecule has 0 aliphatic rings. The molecule has 0 spiro atoms. The Bertz CT molecular complexity index is 878. The van der Waals surface area contributed by atoms with Crippen LogP contribution < -0.4 is 10.1 Å². The molecule has 0 amide bonds. The Labute approximate surface area is 153 Å². The largest absolute Gasteiger partial charge is 0.497 e. The summed E-state index contributed by atoms with van der Waals surface area (Å²) < 4.78 is 16.5. The van der Waals surface area contributed by atoms with E-state index >= 15 is 0 Å². The van der Waals surface area contributed by atoms with Gasteiger partial charge in [-0.25, -0.2) is 9.97 Å². The summed E-state index contributed by atoms with van der Waals surface area (Å²) in [7, 11) is 0.879. The van der Waals surface area contributed by atoms with Crippen LogP contribution in [-0.4, -0.2) is 39.3 Å². The fourth-order valence-corrected chi connectivity index (χ4v) is 4.22. The van der Waals surface area contributed by atoms with Crippen LogP contribution in [0.3, 0.4) is 0 Å². The van der Waals surface area contributed by atoms with E-state index in [-0.39, 0.29) is 6.04 Å². The molecule has 1 N–H and O–H groups in total. The third kappa shape index (κ3) is 4.16. The number of nitrogens with zero attached hydrogens (tertiary/aromatic N) is 2. The van der Waals surface area contributed by atoms with E-state index in [4.69, 9.17) is 4.74 Å². The Hall–Kier alpha value is -1.99. The van der Waals surface area contributed by atoms with Crippen molar-refractivity contribution in [2.45, 2.75) is 19.4 Å². The molecule has 0 aliphatic heterocycles. The van der Waals surface area contributed by atoms with Crippen molar-refractivity contribution < 1.29 is 8.95 Å². The Balaban J connectivity index is 1.93. The van der Waals surface area contributed by atoms with E-state index in [1.54, 1.807) is 31.0 Å². The maximum atomic E-state index is 11.3. The highest BCUT2D eigenvalue weighted by molar-refractivity contribution is 7.84. The zero-order chi connectivity index (χ0) is 17.8. The first-order valence-corrected chi connectivity index (χ1v) is 10.6. The number of ether oxygens (including phenoxy) is 1. The summed E-state index contributed by atoms with van der Waals surface area (Å²) in [4.78, 5) is 9.80. The van der Waals surface area contributed by atoms with Gasteiger partial charge in [0.1, 0.15) is 22.7 Å². The third-order valence-electron chi connectivity index (χ3n) is 3.99. The number of hydrogen-bond acceptors (Lipinski definition) is 6. The minimum absolute atomic E-state index is 0.186. The molecule has 0 fully saturated rings. The monoisotopic (exact) mass is 375 g/mol. The first-order chi connectivity index (χ1) is 12.1. The second-order valence-electron chi connectivity index (χ2n) is 5.89. The molecule has 0 bridgehead atoms. The molecule has 0 saturated heterocycles. The van der Waals surface area contributed by atoms with Crippen LogP contribution in [0.1, 0.15) is 13.3 Å². The van der Waals surface area contributed by atoms with Crippen LogP contribution >= 0.6 is 11.3 Å². The predicted octanol–water partition coefficient (Wildman–Crippen LogP) is 3.94. The average Bonchev–Trinajstić information content (AvgIpc) is 3.05. The number of nitrogens with one attached hydrogen (secondary N) is 1. The van der Waals surface area contributed by atoms with Crippen molar-refractivity contribution in [2.24, 2.45) is 0 Å². The lowest BCUT2D eigenvalue weighted by molar-refractivity contribution is 0.415. The van der Waals surface area contributed by atoms with Gasteiger partial charge in [0.25, 0.3) is 0 Å². The second-order valence-corrected chi connectivity index (χ2v) is 8.30. The molecule has 2 atom stereocenters.